The second-order valence-electron chi connectivity index (χ2n) is 6.91. The van der Waals surface area contributed by atoms with Crippen molar-refractivity contribution in [1.82, 2.24) is 29.8 Å². The average Bonchev–Trinajstić information content (AvgIpc) is 3.48. The van der Waals surface area contributed by atoms with Gasteiger partial charge in [0.05, 0.1) is 11.4 Å². The first-order valence-electron chi connectivity index (χ1n) is 9.38. The van der Waals surface area contributed by atoms with Crippen LogP contribution in [0.5, 0.6) is 0 Å². The number of carboxylic acids is 1. The summed E-state index contributed by atoms with van der Waals surface area (Å²) in [6.07, 6.45) is 0.415. The average molecular weight is 472 g/mol. The number of rotatable bonds is 4. The van der Waals surface area contributed by atoms with Gasteiger partial charge < -0.3 is 20.3 Å². The molecule has 1 aliphatic rings. The predicted molar refractivity (Wildman–Crippen MR) is 107 cm³/mol. The van der Waals surface area contributed by atoms with Crippen LogP contribution >= 0.6 is 11.3 Å². The van der Waals surface area contributed by atoms with Crippen molar-refractivity contribution in [3.8, 4) is 0 Å². The third-order valence-corrected chi connectivity index (χ3v) is 5.80. The van der Waals surface area contributed by atoms with Crippen LogP contribution < -0.4 is 10.9 Å². The zero-order valence-corrected chi connectivity index (χ0v) is 17.5. The number of fused-ring (bicyclic) bond motifs is 1. The summed E-state index contributed by atoms with van der Waals surface area (Å²) in [5.74, 6) is -2.27. The van der Waals surface area contributed by atoms with Crippen molar-refractivity contribution in [1.29, 1.82) is 0 Å². The van der Waals surface area contributed by atoms with Gasteiger partial charge in [-0.25, -0.2) is 4.79 Å². The van der Waals surface area contributed by atoms with E-state index in [1.165, 1.54) is 28.8 Å². The highest BCUT2D eigenvalue weighted by atomic mass is 32.1. The van der Waals surface area contributed by atoms with Gasteiger partial charge in [0.15, 0.2) is 5.82 Å². The third kappa shape index (κ3) is 5.31. The van der Waals surface area contributed by atoms with Gasteiger partial charge in [-0.05, 0) is 31.5 Å². The molecule has 1 amide bonds. The Hall–Kier alpha value is -3.26. The number of halogens is 3. The van der Waals surface area contributed by atoms with E-state index in [-0.39, 0.29) is 23.7 Å². The maximum atomic E-state index is 12.7. The lowest BCUT2D eigenvalue weighted by atomic mass is 10.2. The van der Waals surface area contributed by atoms with E-state index in [0.717, 1.165) is 13.0 Å². The topological polar surface area (TPSA) is 133 Å². The summed E-state index contributed by atoms with van der Waals surface area (Å²) in [7, 11) is 1.73. The Morgan fingerprint density at radius 2 is 2.06 bits per heavy atom. The Bertz CT molecular complexity index is 1170. The summed E-state index contributed by atoms with van der Waals surface area (Å²) in [6.45, 7) is 1.31. The van der Waals surface area contributed by atoms with Gasteiger partial charge in [-0.15, -0.1) is 21.5 Å². The predicted octanol–water partition coefficient (Wildman–Crippen LogP) is 1.81. The Kier molecular flexibility index (Phi) is 6.93. The van der Waals surface area contributed by atoms with Gasteiger partial charge in [-0.1, -0.05) is 0 Å². The molecule has 4 rings (SSSR count). The van der Waals surface area contributed by atoms with Crippen molar-refractivity contribution in [2.75, 3.05) is 13.6 Å². The number of hydrogen-bond acceptors (Lipinski definition) is 7. The molecule has 14 heteroatoms. The molecule has 3 N–H and O–H groups in total. The summed E-state index contributed by atoms with van der Waals surface area (Å²) in [5.41, 5.74) is -0.0775. The van der Waals surface area contributed by atoms with Crippen LogP contribution in [0.15, 0.2) is 29.3 Å². The Morgan fingerprint density at radius 1 is 1.34 bits per heavy atom. The number of aromatic nitrogens is 4. The van der Waals surface area contributed by atoms with Crippen LogP contribution in [0.2, 0.25) is 0 Å². The minimum absolute atomic E-state index is 0.0594. The van der Waals surface area contributed by atoms with E-state index in [0.29, 0.717) is 16.7 Å². The van der Waals surface area contributed by atoms with Gasteiger partial charge in [-0.3, -0.25) is 14.0 Å². The third-order valence-electron chi connectivity index (χ3n) is 4.62. The largest absolute Gasteiger partial charge is 0.490 e. The number of alkyl halides is 3. The summed E-state index contributed by atoms with van der Waals surface area (Å²) >= 11 is 1.53. The van der Waals surface area contributed by atoms with Gasteiger partial charge in [0.1, 0.15) is 0 Å². The summed E-state index contributed by atoms with van der Waals surface area (Å²) < 4.78 is 33.3. The van der Waals surface area contributed by atoms with Crippen LogP contribution in [0.4, 0.5) is 13.2 Å². The Labute approximate surface area is 182 Å². The minimum Gasteiger partial charge on any atom is -0.475 e. The van der Waals surface area contributed by atoms with Gasteiger partial charge in [0.25, 0.3) is 11.5 Å². The number of nitrogens with zero attached hydrogens (tertiary/aromatic N) is 4. The van der Waals surface area contributed by atoms with Crippen LogP contribution in [-0.2, 0) is 11.3 Å². The second-order valence-corrected chi connectivity index (χ2v) is 8.03. The number of aliphatic carboxylic acids is 1. The molecule has 0 aliphatic carbocycles. The quantitative estimate of drug-likeness (QED) is 0.528. The molecule has 1 aliphatic heterocycles. The van der Waals surface area contributed by atoms with Crippen LogP contribution in [0.1, 0.15) is 39.3 Å². The number of carbonyl (C=O) groups excluding carboxylic acids is 1. The Morgan fingerprint density at radius 3 is 2.69 bits per heavy atom. The van der Waals surface area contributed by atoms with E-state index in [2.05, 4.69) is 20.5 Å². The fourth-order valence-corrected chi connectivity index (χ4v) is 4.16. The zero-order chi connectivity index (χ0) is 23.5. The highest BCUT2D eigenvalue weighted by molar-refractivity contribution is 7.14. The number of H-pyrrole nitrogens is 1. The normalized spacial score (nSPS) is 15.9. The van der Waals surface area contributed by atoms with Crippen LogP contribution in [-0.4, -0.2) is 61.2 Å². The molecule has 3 aromatic heterocycles. The van der Waals surface area contributed by atoms with E-state index in [1.807, 2.05) is 12.1 Å². The molecule has 0 radical (unpaired) electrons. The highest BCUT2D eigenvalue weighted by Gasteiger charge is 2.38. The van der Waals surface area contributed by atoms with Gasteiger partial charge in [0.2, 0.25) is 5.65 Å². The molecule has 32 heavy (non-hydrogen) atoms. The number of carbonyl (C=O) groups is 2. The molecule has 0 spiro atoms. The fraction of sp³-hybridized carbons (Fsp3) is 0.389. The van der Waals surface area contributed by atoms with Crippen molar-refractivity contribution < 1.29 is 27.9 Å². The van der Waals surface area contributed by atoms with Crippen molar-refractivity contribution in [3.63, 3.8) is 0 Å². The number of carboxylic acid groups (broad SMARTS) is 1. The summed E-state index contributed by atoms with van der Waals surface area (Å²) in [4.78, 5) is 39.3. The van der Waals surface area contributed by atoms with Crippen molar-refractivity contribution >= 4 is 28.9 Å². The Balaban J connectivity index is 0.000000360. The first-order valence-corrected chi connectivity index (χ1v) is 10.2. The highest BCUT2D eigenvalue weighted by Crippen LogP contribution is 2.29. The molecule has 1 saturated heterocycles. The van der Waals surface area contributed by atoms with E-state index in [4.69, 9.17) is 9.90 Å². The number of nitrogens with one attached hydrogen (secondary N) is 2. The van der Waals surface area contributed by atoms with Crippen LogP contribution in [0.25, 0.3) is 5.65 Å². The number of thiophene rings is 1. The van der Waals surface area contributed by atoms with Crippen molar-refractivity contribution in [2.24, 2.45) is 0 Å². The zero-order valence-electron chi connectivity index (χ0n) is 16.7. The molecule has 4 heterocycles. The minimum atomic E-state index is -5.08. The molecule has 1 atom stereocenters. The smallest absolute Gasteiger partial charge is 0.475 e. The van der Waals surface area contributed by atoms with Gasteiger partial charge in [0, 0.05) is 30.4 Å². The molecular weight excluding hydrogens is 453 g/mol. The lowest BCUT2D eigenvalue weighted by Crippen LogP contribution is -2.26. The van der Waals surface area contributed by atoms with Crippen LogP contribution in [0, 0.1) is 0 Å². The molecule has 10 nitrogen and oxygen atoms in total. The lowest BCUT2D eigenvalue weighted by Gasteiger charge is -2.15. The molecule has 0 saturated carbocycles. The maximum Gasteiger partial charge on any atom is 0.490 e. The van der Waals surface area contributed by atoms with E-state index in [9.17, 15) is 22.8 Å². The first-order chi connectivity index (χ1) is 15.1. The molecule has 1 unspecified atom stereocenters. The molecular formula is C18H19F3N6O4S. The standard InChI is InChI=1S/C16H18N6O2S.C2HF3O2/c1-21(9-13-19-20-14-15(23)18-7-8-22(13)14)16(24)12-5-4-11(25-12)10-3-2-6-17-10;3-2(4,5)1(6)7/h4-5,7-8,10,17H,2-3,6,9H2,1H3,(H,18,23);(H,6,7). The van der Waals surface area contributed by atoms with Crippen molar-refractivity contribution in [3.05, 3.63) is 50.5 Å². The second kappa shape index (κ2) is 9.48. The van der Waals surface area contributed by atoms with E-state index >= 15 is 0 Å². The molecule has 0 aromatic carbocycles. The number of hydrogen-bond donors (Lipinski definition) is 3. The molecule has 0 bridgehead atoms. The lowest BCUT2D eigenvalue weighted by molar-refractivity contribution is -0.192. The number of amides is 1. The monoisotopic (exact) mass is 472 g/mol. The van der Waals surface area contributed by atoms with E-state index < -0.39 is 12.1 Å². The van der Waals surface area contributed by atoms with Crippen molar-refractivity contribution in [2.45, 2.75) is 31.6 Å². The molecule has 1 fully saturated rings. The summed E-state index contributed by atoms with van der Waals surface area (Å²) in [6, 6.07) is 4.27. The van der Waals surface area contributed by atoms with Gasteiger partial charge in [-0.2, -0.15) is 13.2 Å². The van der Waals surface area contributed by atoms with E-state index in [1.54, 1.807) is 22.5 Å². The SMILES string of the molecule is CN(Cc1nnc2c(=O)[nH]ccn12)C(=O)c1ccc(C2CCCN2)s1.O=C(O)C(F)(F)F. The van der Waals surface area contributed by atoms with Gasteiger partial charge >= 0.3 is 12.1 Å². The maximum absolute atomic E-state index is 12.7. The summed E-state index contributed by atoms with van der Waals surface area (Å²) in [5, 5.41) is 18.5. The molecule has 3 aromatic rings. The fourth-order valence-electron chi connectivity index (χ4n) is 3.05. The first kappa shape index (κ1) is 23.4. The van der Waals surface area contributed by atoms with Crippen LogP contribution in [0.3, 0.4) is 0 Å². The molecule has 172 valence electrons. The number of aromatic amines is 1.